The summed E-state index contributed by atoms with van der Waals surface area (Å²) in [5.41, 5.74) is 5.63. The number of nitrogens with two attached hydrogens (primary N) is 1. The third kappa shape index (κ3) is 3.29. The molecule has 1 rings (SSSR count). The average Bonchev–Trinajstić information content (AvgIpc) is 2.38. The third-order valence-electron chi connectivity index (χ3n) is 2.84. The molecule has 5 heteroatoms. The first-order valence-electron chi connectivity index (χ1n) is 5.89. The summed E-state index contributed by atoms with van der Waals surface area (Å²) in [6, 6.07) is 9.05. The summed E-state index contributed by atoms with van der Waals surface area (Å²) in [5, 5.41) is 17.9. The summed E-state index contributed by atoms with van der Waals surface area (Å²) < 4.78 is 0. The summed E-state index contributed by atoms with van der Waals surface area (Å²) in [6.45, 7) is 1.65. The van der Waals surface area contributed by atoms with Gasteiger partial charge in [0.25, 0.3) is 0 Å². The van der Waals surface area contributed by atoms with Crippen LogP contribution in [0, 0.1) is 0 Å². The molecular weight excluding hydrogens is 232 g/mol. The number of nitrogens with zero attached hydrogens (tertiary/aromatic N) is 1. The number of aliphatic hydroxyl groups is 2. The van der Waals surface area contributed by atoms with E-state index in [-0.39, 0.29) is 32.2 Å². The molecule has 0 heterocycles. The molecule has 0 fully saturated rings. The van der Waals surface area contributed by atoms with Gasteiger partial charge in [-0.2, -0.15) is 0 Å². The zero-order valence-electron chi connectivity index (χ0n) is 10.5. The molecular formula is C13H20N2O3. The molecule has 1 amide bonds. The Morgan fingerprint density at radius 2 is 1.72 bits per heavy atom. The highest BCUT2D eigenvalue weighted by Crippen LogP contribution is 2.20. The molecule has 5 nitrogen and oxygen atoms in total. The fraction of sp³-hybridized carbons (Fsp3) is 0.462. The molecule has 1 atom stereocenters. The Labute approximate surface area is 107 Å². The molecule has 18 heavy (non-hydrogen) atoms. The van der Waals surface area contributed by atoms with Crippen LogP contribution >= 0.6 is 0 Å². The van der Waals surface area contributed by atoms with Crippen LogP contribution in [0.3, 0.4) is 0 Å². The molecule has 0 spiro atoms. The van der Waals surface area contributed by atoms with Gasteiger partial charge in [0.15, 0.2) is 0 Å². The highest BCUT2D eigenvalue weighted by molar-refractivity contribution is 5.87. The first-order valence-corrected chi connectivity index (χ1v) is 5.89. The van der Waals surface area contributed by atoms with Crippen molar-refractivity contribution in [2.24, 2.45) is 5.73 Å². The highest BCUT2D eigenvalue weighted by Gasteiger charge is 2.33. The summed E-state index contributed by atoms with van der Waals surface area (Å²) >= 11 is 0. The summed E-state index contributed by atoms with van der Waals surface area (Å²) in [6.07, 6.45) is 0. The van der Waals surface area contributed by atoms with Crippen LogP contribution in [0.5, 0.6) is 0 Å². The van der Waals surface area contributed by atoms with Crippen molar-refractivity contribution in [1.82, 2.24) is 4.90 Å². The van der Waals surface area contributed by atoms with Gasteiger partial charge in [0.2, 0.25) is 5.91 Å². The SMILES string of the molecule is CC(N)(C(=O)N(CCO)CCO)c1ccccc1. The van der Waals surface area contributed by atoms with Crippen molar-refractivity contribution in [3.05, 3.63) is 35.9 Å². The molecule has 100 valence electrons. The van der Waals surface area contributed by atoms with Crippen molar-refractivity contribution >= 4 is 5.91 Å². The standard InChI is InChI=1S/C13H20N2O3/c1-13(14,11-5-3-2-4-6-11)12(18)15(7-9-16)8-10-17/h2-6,16-17H,7-10,14H2,1H3. The Hall–Kier alpha value is -1.43. The van der Waals surface area contributed by atoms with E-state index >= 15 is 0 Å². The van der Waals surface area contributed by atoms with Crippen molar-refractivity contribution in [3.8, 4) is 0 Å². The van der Waals surface area contributed by atoms with Gasteiger partial charge in [-0.05, 0) is 12.5 Å². The van der Waals surface area contributed by atoms with E-state index in [4.69, 9.17) is 15.9 Å². The number of aliphatic hydroxyl groups excluding tert-OH is 2. The maximum absolute atomic E-state index is 12.3. The Bertz CT molecular complexity index is 373. The first kappa shape index (κ1) is 14.6. The van der Waals surface area contributed by atoms with Crippen LogP contribution in [0.2, 0.25) is 0 Å². The molecule has 0 radical (unpaired) electrons. The minimum atomic E-state index is -1.16. The largest absolute Gasteiger partial charge is 0.395 e. The van der Waals surface area contributed by atoms with Crippen LogP contribution in [0.15, 0.2) is 30.3 Å². The molecule has 1 aromatic rings. The van der Waals surface area contributed by atoms with Gasteiger partial charge < -0.3 is 20.8 Å². The molecule has 0 aliphatic heterocycles. The maximum atomic E-state index is 12.3. The zero-order valence-corrected chi connectivity index (χ0v) is 10.5. The smallest absolute Gasteiger partial charge is 0.247 e. The topological polar surface area (TPSA) is 86.8 Å². The number of amides is 1. The van der Waals surface area contributed by atoms with Crippen molar-refractivity contribution < 1.29 is 15.0 Å². The normalized spacial score (nSPS) is 14.0. The van der Waals surface area contributed by atoms with E-state index in [1.807, 2.05) is 18.2 Å². The quantitative estimate of drug-likeness (QED) is 0.647. The lowest BCUT2D eigenvalue weighted by atomic mass is 9.91. The van der Waals surface area contributed by atoms with E-state index in [1.165, 1.54) is 4.90 Å². The minimum Gasteiger partial charge on any atom is -0.395 e. The number of carbonyl (C=O) groups excluding carboxylic acids is 1. The van der Waals surface area contributed by atoms with Crippen LogP contribution in [0.1, 0.15) is 12.5 Å². The van der Waals surface area contributed by atoms with Crippen LogP contribution in [-0.2, 0) is 10.3 Å². The van der Waals surface area contributed by atoms with Gasteiger partial charge >= 0.3 is 0 Å². The third-order valence-corrected chi connectivity index (χ3v) is 2.84. The average molecular weight is 252 g/mol. The van der Waals surface area contributed by atoms with Gasteiger partial charge in [-0.25, -0.2) is 0 Å². The summed E-state index contributed by atoms with van der Waals surface area (Å²) in [5.74, 6) is -0.309. The lowest BCUT2D eigenvalue weighted by molar-refractivity contribution is -0.137. The van der Waals surface area contributed by atoms with Gasteiger partial charge in [-0.3, -0.25) is 4.79 Å². The molecule has 0 aliphatic rings. The lowest BCUT2D eigenvalue weighted by Crippen LogP contribution is -2.52. The van der Waals surface area contributed by atoms with Gasteiger partial charge in [-0.15, -0.1) is 0 Å². The van der Waals surface area contributed by atoms with Gasteiger partial charge in [0.05, 0.1) is 13.2 Å². The fourth-order valence-electron chi connectivity index (χ4n) is 1.79. The molecule has 0 saturated heterocycles. The van der Waals surface area contributed by atoms with Crippen molar-refractivity contribution in [2.75, 3.05) is 26.3 Å². The number of hydrogen-bond acceptors (Lipinski definition) is 4. The highest BCUT2D eigenvalue weighted by atomic mass is 16.3. The molecule has 1 unspecified atom stereocenters. The summed E-state index contributed by atoms with van der Waals surface area (Å²) in [4.78, 5) is 13.7. The molecule has 4 N–H and O–H groups in total. The van der Waals surface area contributed by atoms with Crippen molar-refractivity contribution in [1.29, 1.82) is 0 Å². The monoisotopic (exact) mass is 252 g/mol. The molecule has 1 aromatic carbocycles. The van der Waals surface area contributed by atoms with Gasteiger partial charge in [0, 0.05) is 13.1 Å². The number of hydrogen-bond donors (Lipinski definition) is 3. The van der Waals surface area contributed by atoms with Crippen molar-refractivity contribution in [3.63, 3.8) is 0 Å². The zero-order chi connectivity index (χ0) is 13.6. The maximum Gasteiger partial charge on any atom is 0.247 e. The molecule has 0 aliphatic carbocycles. The van der Waals surface area contributed by atoms with Crippen LogP contribution in [0.4, 0.5) is 0 Å². The second-order valence-electron chi connectivity index (χ2n) is 4.31. The van der Waals surface area contributed by atoms with E-state index in [1.54, 1.807) is 19.1 Å². The summed E-state index contributed by atoms with van der Waals surface area (Å²) in [7, 11) is 0. The Kier molecular flexibility index (Phi) is 5.27. The molecule has 0 bridgehead atoms. The van der Waals surface area contributed by atoms with E-state index < -0.39 is 5.54 Å². The molecule has 0 aromatic heterocycles. The first-order chi connectivity index (χ1) is 8.54. The minimum absolute atomic E-state index is 0.156. The second-order valence-corrected chi connectivity index (χ2v) is 4.31. The van der Waals surface area contributed by atoms with E-state index in [0.29, 0.717) is 5.56 Å². The van der Waals surface area contributed by atoms with Crippen LogP contribution < -0.4 is 5.73 Å². The van der Waals surface area contributed by atoms with Crippen LogP contribution in [-0.4, -0.2) is 47.3 Å². The lowest BCUT2D eigenvalue weighted by Gasteiger charge is -2.31. The van der Waals surface area contributed by atoms with E-state index in [2.05, 4.69) is 0 Å². The van der Waals surface area contributed by atoms with E-state index in [9.17, 15) is 4.79 Å². The van der Waals surface area contributed by atoms with Gasteiger partial charge in [-0.1, -0.05) is 30.3 Å². The number of carbonyl (C=O) groups is 1. The second kappa shape index (κ2) is 6.49. The number of benzene rings is 1. The van der Waals surface area contributed by atoms with Gasteiger partial charge in [0.1, 0.15) is 5.54 Å². The van der Waals surface area contributed by atoms with Crippen LogP contribution in [0.25, 0.3) is 0 Å². The van der Waals surface area contributed by atoms with E-state index in [0.717, 1.165) is 0 Å². The predicted molar refractivity (Wildman–Crippen MR) is 68.7 cm³/mol. The number of rotatable bonds is 6. The Morgan fingerprint density at radius 1 is 1.22 bits per heavy atom. The molecule has 0 saturated carbocycles. The Morgan fingerprint density at radius 3 is 2.17 bits per heavy atom. The van der Waals surface area contributed by atoms with Crippen molar-refractivity contribution in [2.45, 2.75) is 12.5 Å². The predicted octanol–water partition coefficient (Wildman–Crippen LogP) is -0.326. The Balaban J connectivity index is 2.92. The fourth-order valence-corrected chi connectivity index (χ4v) is 1.79.